The monoisotopic (exact) mass is 541 g/mol. The van der Waals surface area contributed by atoms with Gasteiger partial charge in [-0.25, -0.2) is 0 Å². The van der Waals surface area contributed by atoms with Crippen molar-refractivity contribution in [2.75, 3.05) is 12.3 Å². The first kappa shape index (κ1) is 27.8. The fourth-order valence-electron chi connectivity index (χ4n) is 10.6. The van der Waals surface area contributed by atoms with Crippen LogP contribution in [-0.2, 0) is 14.9 Å². The van der Waals surface area contributed by atoms with Crippen molar-refractivity contribution in [3.8, 4) is 0 Å². The highest BCUT2D eigenvalue weighted by Crippen LogP contribution is 2.73. The van der Waals surface area contributed by atoms with E-state index in [0.717, 1.165) is 64.2 Å². The van der Waals surface area contributed by atoms with Gasteiger partial charge >= 0.3 is 0 Å². The molecular weight excluding hydrogens is 494 g/mol. The van der Waals surface area contributed by atoms with E-state index < -0.39 is 22.0 Å². The summed E-state index contributed by atoms with van der Waals surface area (Å²) in [6.07, 6.45) is 8.94. The van der Waals surface area contributed by atoms with Crippen molar-refractivity contribution >= 4 is 16.0 Å². The molecule has 9 heteroatoms. The number of hydrogen-bond donors (Lipinski definition) is 5. The van der Waals surface area contributed by atoms with E-state index in [0.29, 0.717) is 24.7 Å². The Kier molecular flexibility index (Phi) is 7.30. The molecule has 5 aliphatic rings. The van der Waals surface area contributed by atoms with Gasteiger partial charge in [0.25, 0.3) is 10.1 Å². The van der Waals surface area contributed by atoms with Crippen molar-refractivity contribution in [3.63, 3.8) is 0 Å². The molecule has 8 nitrogen and oxygen atoms in total. The minimum absolute atomic E-state index is 0.0575. The first-order valence-corrected chi connectivity index (χ1v) is 16.2. The van der Waals surface area contributed by atoms with Crippen LogP contribution in [0.3, 0.4) is 0 Å². The molecule has 0 aromatic carbocycles. The molecule has 0 saturated heterocycles. The number of aliphatic hydroxyl groups is 3. The summed E-state index contributed by atoms with van der Waals surface area (Å²) in [5, 5.41) is 36.4. The number of nitrogens with one attached hydrogen (secondary N) is 1. The number of hydrogen-bond acceptors (Lipinski definition) is 6. The Bertz CT molecular complexity index is 989. The third kappa shape index (κ3) is 4.68. The summed E-state index contributed by atoms with van der Waals surface area (Å²) >= 11 is 0. The molecule has 0 bridgehead atoms. The standard InChI is InChI=1S/C28H47NO7S/c1-26(10-7-24(33)29-12-13-37(34,35)36)8-3-9-28-19(4-5-22(26)28)25-20(16-23(28)32)27(2)11-6-18(30)14-17(27)15-21(25)31/h17-23,25,30-32H,3-16H2,1-2H3,(H,29,33)(H,34,35,36)/t17-,18+,19-,20-,21+,22?,23-,25-,26-,27-,28-/m0/s1. The molecular formula is C28H47NO7S. The van der Waals surface area contributed by atoms with Crippen LogP contribution < -0.4 is 5.32 Å². The molecule has 0 aromatic rings. The van der Waals surface area contributed by atoms with Gasteiger partial charge in [0, 0.05) is 18.4 Å². The number of amides is 1. The van der Waals surface area contributed by atoms with Gasteiger partial charge < -0.3 is 20.6 Å². The maximum Gasteiger partial charge on any atom is 0.266 e. The van der Waals surface area contributed by atoms with E-state index >= 15 is 0 Å². The van der Waals surface area contributed by atoms with Crippen LogP contribution in [0.4, 0.5) is 0 Å². The zero-order chi connectivity index (χ0) is 26.8. The Morgan fingerprint density at radius 1 is 0.973 bits per heavy atom. The van der Waals surface area contributed by atoms with Gasteiger partial charge in [-0.3, -0.25) is 9.35 Å². The molecule has 1 unspecified atom stereocenters. The summed E-state index contributed by atoms with van der Waals surface area (Å²) in [7, 11) is -4.10. The molecule has 37 heavy (non-hydrogen) atoms. The molecule has 0 aromatic heterocycles. The largest absolute Gasteiger partial charge is 0.393 e. The molecule has 5 saturated carbocycles. The third-order valence-electron chi connectivity index (χ3n) is 12.3. The van der Waals surface area contributed by atoms with Gasteiger partial charge in [-0.05, 0) is 105 Å². The quantitative estimate of drug-likeness (QED) is 0.325. The zero-order valence-electron chi connectivity index (χ0n) is 22.4. The van der Waals surface area contributed by atoms with Gasteiger partial charge in [0.2, 0.25) is 5.91 Å². The lowest BCUT2D eigenvalue weighted by atomic mass is 9.40. The molecule has 5 fully saturated rings. The number of fused-ring (bicyclic) bond motifs is 4. The van der Waals surface area contributed by atoms with E-state index in [4.69, 9.17) is 4.55 Å². The fourth-order valence-corrected chi connectivity index (χ4v) is 11.0. The van der Waals surface area contributed by atoms with Gasteiger partial charge in [-0.2, -0.15) is 8.42 Å². The molecule has 212 valence electrons. The molecule has 0 heterocycles. The van der Waals surface area contributed by atoms with Crippen molar-refractivity contribution in [2.24, 2.45) is 45.8 Å². The van der Waals surface area contributed by atoms with Crippen LogP contribution >= 0.6 is 0 Å². The lowest BCUT2D eigenvalue weighted by Gasteiger charge is -2.66. The van der Waals surface area contributed by atoms with E-state index in [1.54, 1.807) is 0 Å². The number of carbonyl (C=O) groups is 1. The van der Waals surface area contributed by atoms with Gasteiger partial charge in [0.15, 0.2) is 0 Å². The molecule has 0 aliphatic heterocycles. The topological polar surface area (TPSA) is 144 Å². The van der Waals surface area contributed by atoms with Crippen molar-refractivity contribution in [3.05, 3.63) is 0 Å². The number of carbonyl (C=O) groups excluding carboxylic acids is 1. The minimum Gasteiger partial charge on any atom is -0.393 e. The average molecular weight is 542 g/mol. The molecule has 0 radical (unpaired) electrons. The number of rotatable bonds is 6. The molecule has 1 spiro atoms. The van der Waals surface area contributed by atoms with E-state index in [1.165, 1.54) is 0 Å². The van der Waals surface area contributed by atoms with E-state index in [2.05, 4.69) is 19.2 Å². The first-order chi connectivity index (χ1) is 17.3. The summed E-state index contributed by atoms with van der Waals surface area (Å²) < 4.78 is 30.8. The van der Waals surface area contributed by atoms with Crippen LogP contribution in [0.25, 0.3) is 0 Å². The van der Waals surface area contributed by atoms with E-state index in [1.807, 2.05) is 0 Å². The highest BCUT2D eigenvalue weighted by molar-refractivity contribution is 7.85. The van der Waals surface area contributed by atoms with Crippen LogP contribution in [0.15, 0.2) is 0 Å². The van der Waals surface area contributed by atoms with Crippen LogP contribution in [-0.4, -0.2) is 64.8 Å². The summed E-state index contributed by atoms with van der Waals surface area (Å²) in [4.78, 5) is 12.5. The van der Waals surface area contributed by atoms with Gasteiger partial charge in [0.05, 0.1) is 24.1 Å². The lowest BCUT2D eigenvalue weighted by molar-refractivity contribution is -0.225. The summed E-state index contributed by atoms with van der Waals surface area (Å²) in [6.45, 7) is 4.53. The van der Waals surface area contributed by atoms with Crippen LogP contribution in [0.2, 0.25) is 0 Å². The van der Waals surface area contributed by atoms with Crippen molar-refractivity contribution in [1.29, 1.82) is 0 Å². The highest BCUT2D eigenvalue weighted by Gasteiger charge is 2.69. The van der Waals surface area contributed by atoms with E-state index in [-0.39, 0.29) is 58.7 Å². The van der Waals surface area contributed by atoms with Crippen molar-refractivity contribution < 1.29 is 33.1 Å². The minimum atomic E-state index is -4.10. The average Bonchev–Trinajstić information content (AvgIpc) is 3.22. The van der Waals surface area contributed by atoms with Crippen LogP contribution in [0.5, 0.6) is 0 Å². The Labute approximate surface area is 221 Å². The van der Waals surface area contributed by atoms with E-state index in [9.17, 15) is 28.5 Å². The molecule has 5 N–H and O–H groups in total. The number of aliphatic hydroxyl groups excluding tert-OH is 3. The van der Waals surface area contributed by atoms with Crippen molar-refractivity contribution in [1.82, 2.24) is 5.32 Å². The SMILES string of the molecule is C[C@@]1(CCC(=O)NCCS(=O)(=O)O)CCC[C@@]23C1CC[C@H]2[C@@H]1[C@H](O)C[C@@H]2C[C@H](O)CC[C@]2(C)[C@H]1C[C@@H]3O. The zero-order valence-corrected chi connectivity index (χ0v) is 23.3. The summed E-state index contributed by atoms with van der Waals surface area (Å²) in [6, 6.07) is 0. The molecule has 1 amide bonds. The second-order valence-electron chi connectivity index (χ2n) is 13.9. The van der Waals surface area contributed by atoms with Gasteiger partial charge in [-0.15, -0.1) is 0 Å². The highest BCUT2D eigenvalue weighted by atomic mass is 32.2. The second kappa shape index (κ2) is 9.72. The van der Waals surface area contributed by atoms with Gasteiger partial charge in [0.1, 0.15) is 0 Å². The summed E-state index contributed by atoms with van der Waals surface area (Å²) in [5.74, 6) is 0.668. The van der Waals surface area contributed by atoms with Crippen molar-refractivity contribution in [2.45, 2.75) is 109 Å². The second-order valence-corrected chi connectivity index (χ2v) is 15.4. The maximum absolute atomic E-state index is 12.5. The Morgan fingerprint density at radius 3 is 2.46 bits per heavy atom. The Hall–Kier alpha value is -0.740. The smallest absolute Gasteiger partial charge is 0.266 e. The maximum atomic E-state index is 12.5. The molecule has 5 rings (SSSR count). The predicted molar refractivity (Wildman–Crippen MR) is 139 cm³/mol. The fraction of sp³-hybridized carbons (Fsp3) is 0.964. The Balaban J connectivity index is 1.33. The predicted octanol–water partition coefficient (Wildman–Crippen LogP) is 2.90. The van der Waals surface area contributed by atoms with Crippen LogP contribution in [0, 0.1) is 45.8 Å². The third-order valence-corrected chi connectivity index (χ3v) is 13.0. The first-order valence-electron chi connectivity index (χ1n) is 14.6. The normalized spacial score (nSPS) is 49.4. The molecule has 11 atom stereocenters. The van der Waals surface area contributed by atoms with Crippen LogP contribution in [0.1, 0.15) is 90.9 Å². The lowest BCUT2D eigenvalue weighted by Crippen LogP contribution is -2.64. The van der Waals surface area contributed by atoms with Gasteiger partial charge in [-0.1, -0.05) is 20.3 Å². The summed E-state index contributed by atoms with van der Waals surface area (Å²) in [5.41, 5.74) is -0.252. The Morgan fingerprint density at radius 2 is 1.73 bits per heavy atom. The molecule has 5 aliphatic carbocycles.